The molecule has 2 aliphatic rings. The molecule has 6 heteroatoms. The van der Waals surface area contributed by atoms with Crippen molar-refractivity contribution in [1.82, 2.24) is 0 Å². The van der Waals surface area contributed by atoms with Crippen LogP contribution in [0.1, 0.15) is 30.9 Å². The molecule has 130 valence electrons. The minimum atomic E-state index is -0.866. The van der Waals surface area contributed by atoms with Crippen LogP contribution in [0.25, 0.3) is 0 Å². The Morgan fingerprint density at radius 3 is 2.83 bits per heavy atom. The smallest absolute Gasteiger partial charge is 0.145 e. The summed E-state index contributed by atoms with van der Waals surface area (Å²) in [7, 11) is 1.61. The zero-order valence-corrected chi connectivity index (χ0v) is 14.1. The second kappa shape index (κ2) is 6.26. The van der Waals surface area contributed by atoms with Crippen molar-refractivity contribution in [2.75, 3.05) is 26.9 Å². The lowest BCUT2D eigenvalue weighted by Crippen LogP contribution is -2.38. The van der Waals surface area contributed by atoms with Gasteiger partial charge >= 0.3 is 0 Å². The molecule has 0 spiro atoms. The Bertz CT molecular complexity index is 685. The number of nitrogens with zero attached hydrogens (tertiary/aromatic N) is 1. The summed E-state index contributed by atoms with van der Waals surface area (Å²) in [5, 5.41) is 0. The van der Waals surface area contributed by atoms with E-state index in [-0.39, 0.29) is 36.7 Å². The first-order valence-electron chi connectivity index (χ1n) is 8.12. The summed E-state index contributed by atoms with van der Waals surface area (Å²) in [6.07, 6.45) is 1.99. The second-order valence-electron chi connectivity index (χ2n) is 7.00. The summed E-state index contributed by atoms with van der Waals surface area (Å²) in [6.45, 7) is 2.76. The molecular weight excluding hydrogens is 311 g/mol. The maximum Gasteiger partial charge on any atom is 0.145 e. The van der Waals surface area contributed by atoms with Gasteiger partial charge in [-0.15, -0.1) is 0 Å². The molecule has 1 saturated carbocycles. The number of carbonyl (C=O) groups excluding carboxylic acids is 1. The highest BCUT2D eigenvalue weighted by Gasteiger charge is 2.49. The van der Waals surface area contributed by atoms with Crippen LogP contribution in [-0.2, 0) is 26.2 Å². The third-order valence-electron chi connectivity index (χ3n) is 4.86. The van der Waals surface area contributed by atoms with Gasteiger partial charge in [-0.2, -0.15) is 0 Å². The molecule has 1 aliphatic carbocycles. The summed E-state index contributed by atoms with van der Waals surface area (Å²) in [4.78, 5) is 16.9. The number of nitrogens with two attached hydrogens (primary N) is 1. The van der Waals surface area contributed by atoms with Crippen LogP contribution in [0, 0.1) is 11.2 Å². The molecule has 3 rings (SSSR count). The van der Waals surface area contributed by atoms with E-state index in [0.717, 1.165) is 18.4 Å². The van der Waals surface area contributed by atoms with E-state index in [2.05, 4.69) is 4.99 Å². The van der Waals surface area contributed by atoms with Gasteiger partial charge in [-0.1, -0.05) is 6.07 Å². The lowest BCUT2D eigenvalue weighted by molar-refractivity contribution is -0.125. The number of benzene rings is 1. The van der Waals surface area contributed by atoms with Crippen molar-refractivity contribution in [3.05, 3.63) is 35.1 Å². The zero-order chi connectivity index (χ0) is 17.4. The number of hydrogen-bond donors (Lipinski definition) is 1. The first-order chi connectivity index (χ1) is 11.4. The van der Waals surface area contributed by atoms with E-state index in [1.165, 1.54) is 6.07 Å². The van der Waals surface area contributed by atoms with Crippen molar-refractivity contribution in [2.24, 2.45) is 16.1 Å². The minimum absolute atomic E-state index is 0.148. The van der Waals surface area contributed by atoms with Crippen LogP contribution in [0.2, 0.25) is 0 Å². The van der Waals surface area contributed by atoms with Gasteiger partial charge in [0, 0.05) is 19.1 Å². The van der Waals surface area contributed by atoms with Crippen LogP contribution in [-0.4, -0.2) is 38.5 Å². The van der Waals surface area contributed by atoms with E-state index in [0.29, 0.717) is 18.0 Å². The Hall–Kier alpha value is -1.79. The normalized spacial score (nSPS) is 25.2. The molecule has 0 aromatic heterocycles. The fraction of sp³-hybridized carbons (Fsp3) is 0.556. The summed E-state index contributed by atoms with van der Waals surface area (Å²) < 4.78 is 24.9. The Morgan fingerprint density at radius 1 is 1.46 bits per heavy atom. The van der Waals surface area contributed by atoms with Crippen LogP contribution in [0.4, 0.5) is 4.39 Å². The van der Waals surface area contributed by atoms with Crippen molar-refractivity contribution in [1.29, 1.82) is 0 Å². The van der Waals surface area contributed by atoms with E-state index < -0.39 is 5.54 Å². The van der Waals surface area contributed by atoms with E-state index in [4.69, 9.17) is 15.2 Å². The Morgan fingerprint density at radius 2 is 2.21 bits per heavy atom. The molecule has 1 aliphatic heterocycles. The molecule has 2 N–H and O–H groups in total. The quantitative estimate of drug-likeness (QED) is 0.863. The number of rotatable bonds is 6. The third kappa shape index (κ3) is 3.21. The largest absolute Gasteiger partial charge is 0.386 e. The topological polar surface area (TPSA) is 73.9 Å². The third-order valence-corrected chi connectivity index (χ3v) is 4.86. The SMILES string of the molecule is COCC1(C(=O)Cc2ccc(F)c([C@]3(C)COCC(N)=N3)c2)CC1. The van der Waals surface area contributed by atoms with Gasteiger partial charge in [0.05, 0.1) is 18.6 Å². The number of Topliss-reactive ketones (excluding diaryl/α,β-unsaturated/α-hetero) is 1. The maximum absolute atomic E-state index is 14.4. The van der Waals surface area contributed by atoms with Crippen molar-refractivity contribution < 1.29 is 18.7 Å². The fourth-order valence-electron chi connectivity index (χ4n) is 3.27. The van der Waals surface area contributed by atoms with Crippen molar-refractivity contribution >= 4 is 11.6 Å². The van der Waals surface area contributed by atoms with Gasteiger partial charge in [0.25, 0.3) is 0 Å². The molecule has 0 saturated heterocycles. The highest BCUT2D eigenvalue weighted by atomic mass is 19.1. The number of methoxy groups -OCH3 is 1. The molecule has 1 atom stereocenters. The van der Waals surface area contributed by atoms with Gasteiger partial charge in [0.15, 0.2) is 0 Å². The monoisotopic (exact) mass is 334 g/mol. The average molecular weight is 334 g/mol. The van der Waals surface area contributed by atoms with E-state index >= 15 is 0 Å². The summed E-state index contributed by atoms with van der Waals surface area (Å²) in [6, 6.07) is 4.75. The number of ketones is 1. The second-order valence-corrected chi connectivity index (χ2v) is 7.00. The summed E-state index contributed by atoms with van der Waals surface area (Å²) >= 11 is 0. The van der Waals surface area contributed by atoms with Crippen LogP contribution < -0.4 is 5.73 Å². The number of halogens is 1. The molecule has 0 amide bonds. The van der Waals surface area contributed by atoms with E-state index in [9.17, 15) is 9.18 Å². The molecule has 0 unspecified atom stereocenters. The molecule has 0 bridgehead atoms. The predicted molar refractivity (Wildman–Crippen MR) is 88.4 cm³/mol. The van der Waals surface area contributed by atoms with Crippen LogP contribution in [0.15, 0.2) is 23.2 Å². The molecule has 24 heavy (non-hydrogen) atoms. The Labute approximate surface area is 141 Å². The lowest BCUT2D eigenvalue weighted by atomic mass is 9.88. The number of ether oxygens (including phenoxy) is 2. The number of amidine groups is 1. The van der Waals surface area contributed by atoms with Gasteiger partial charge in [-0.05, 0) is 37.5 Å². The summed E-state index contributed by atoms with van der Waals surface area (Å²) in [5.74, 6) is 0.130. The lowest BCUT2D eigenvalue weighted by Gasteiger charge is -2.30. The van der Waals surface area contributed by atoms with Gasteiger partial charge in [-0.3, -0.25) is 9.79 Å². The first kappa shape index (κ1) is 17.0. The van der Waals surface area contributed by atoms with Gasteiger partial charge in [-0.25, -0.2) is 4.39 Å². The highest BCUT2D eigenvalue weighted by Crippen LogP contribution is 2.47. The Balaban J connectivity index is 1.85. The Kier molecular flexibility index (Phi) is 4.44. The van der Waals surface area contributed by atoms with E-state index in [1.807, 2.05) is 0 Å². The molecule has 0 radical (unpaired) electrons. The number of aliphatic imine (C=N–C) groups is 1. The summed E-state index contributed by atoms with van der Waals surface area (Å²) in [5.41, 5.74) is 5.73. The highest BCUT2D eigenvalue weighted by molar-refractivity contribution is 5.89. The average Bonchev–Trinajstić information content (AvgIpc) is 3.30. The predicted octanol–water partition coefficient (Wildman–Crippen LogP) is 1.97. The molecule has 5 nitrogen and oxygen atoms in total. The molecule has 1 aromatic carbocycles. The van der Waals surface area contributed by atoms with E-state index in [1.54, 1.807) is 26.2 Å². The number of carbonyl (C=O) groups is 1. The van der Waals surface area contributed by atoms with Crippen molar-refractivity contribution in [3.63, 3.8) is 0 Å². The first-order valence-corrected chi connectivity index (χ1v) is 8.12. The molecule has 1 fully saturated rings. The van der Waals surface area contributed by atoms with Crippen LogP contribution in [0.5, 0.6) is 0 Å². The molecule has 1 aromatic rings. The standard InChI is InChI=1S/C18H23FN2O3/c1-17(10-24-9-16(20)21-17)13-7-12(3-4-14(13)19)8-15(22)18(5-6-18)11-23-2/h3-4,7H,5-6,8-11H2,1-2H3,(H2,20,21)/t17-/m0/s1. The molecule has 1 heterocycles. The van der Waals surface area contributed by atoms with Gasteiger partial charge in [0.1, 0.15) is 29.6 Å². The number of hydrogen-bond acceptors (Lipinski definition) is 5. The van der Waals surface area contributed by atoms with Crippen molar-refractivity contribution in [2.45, 2.75) is 31.7 Å². The fourth-order valence-corrected chi connectivity index (χ4v) is 3.27. The van der Waals surface area contributed by atoms with Crippen LogP contribution in [0.3, 0.4) is 0 Å². The minimum Gasteiger partial charge on any atom is -0.386 e. The van der Waals surface area contributed by atoms with Crippen molar-refractivity contribution in [3.8, 4) is 0 Å². The van der Waals surface area contributed by atoms with Gasteiger partial charge < -0.3 is 15.2 Å². The zero-order valence-electron chi connectivity index (χ0n) is 14.1. The molecular formula is C18H23FN2O3. The van der Waals surface area contributed by atoms with Gasteiger partial charge in [0.2, 0.25) is 0 Å². The van der Waals surface area contributed by atoms with Crippen LogP contribution >= 0.6 is 0 Å². The maximum atomic E-state index is 14.4.